The molecular formula is C10H11N5O. The van der Waals surface area contributed by atoms with Crippen LogP contribution in [0.4, 0.5) is 11.6 Å². The summed E-state index contributed by atoms with van der Waals surface area (Å²) in [6.07, 6.45) is 4.69. The van der Waals surface area contributed by atoms with Crippen LogP contribution in [0.5, 0.6) is 0 Å². The van der Waals surface area contributed by atoms with Gasteiger partial charge in [-0.15, -0.1) is 0 Å². The Labute approximate surface area is 91.9 Å². The third-order valence-corrected chi connectivity index (χ3v) is 2.08. The molecule has 1 amide bonds. The molecule has 0 aliphatic carbocycles. The molecule has 0 saturated heterocycles. The number of nitrogens with zero attached hydrogens (tertiary/aromatic N) is 2. The van der Waals surface area contributed by atoms with Gasteiger partial charge in [-0.3, -0.25) is 15.1 Å². The highest BCUT2D eigenvalue weighted by molar-refractivity contribution is 6.04. The molecular weight excluding hydrogens is 206 g/mol. The molecule has 82 valence electrons. The van der Waals surface area contributed by atoms with Crippen molar-refractivity contribution >= 4 is 17.5 Å². The molecule has 2 aromatic heterocycles. The maximum Gasteiger partial charge on any atom is 0.259 e. The van der Waals surface area contributed by atoms with Gasteiger partial charge in [-0.05, 0) is 13.0 Å². The summed E-state index contributed by atoms with van der Waals surface area (Å²) in [6, 6.07) is 1.58. The van der Waals surface area contributed by atoms with E-state index in [4.69, 9.17) is 5.73 Å². The van der Waals surface area contributed by atoms with Crippen LogP contribution in [0, 0.1) is 6.92 Å². The second-order valence-corrected chi connectivity index (χ2v) is 3.29. The topological polar surface area (TPSA) is 96.7 Å². The highest BCUT2D eigenvalue weighted by atomic mass is 16.1. The average Bonchev–Trinajstić information content (AvgIpc) is 2.74. The first-order valence-electron chi connectivity index (χ1n) is 4.69. The molecule has 0 spiro atoms. The van der Waals surface area contributed by atoms with Gasteiger partial charge in [0.05, 0.1) is 23.1 Å². The molecule has 6 heteroatoms. The van der Waals surface area contributed by atoms with Gasteiger partial charge >= 0.3 is 0 Å². The number of aromatic amines is 1. The van der Waals surface area contributed by atoms with Crippen LogP contribution in [0.25, 0.3) is 0 Å². The highest BCUT2D eigenvalue weighted by Crippen LogP contribution is 2.11. The molecule has 0 unspecified atom stereocenters. The van der Waals surface area contributed by atoms with E-state index in [0.717, 1.165) is 0 Å². The number of pyridine rings is 1. The number of hydrogen-bond donors (Lipinski definition) is 3. The van der Waals surface area contributed by atoms with Crippen molar-refractivity contribution < 1.29 is 4.79 Å². The Morgan fingerprint density at radius 3 is 3.00 bits per heavy atom. The normalized spacial score (nSPS) is 10.1. The number of nitrogen functional groups attached to an aromatic ring is 1. The molecule has 0 fully saturated rings. The van der Waals surface area contributed by atoms with Gasteiger partial charge in [0.2, 0.25) is 5.95 Å². The Morgan fingerprint density at radius 2 is 2.31 bits per heavy atom. The number of aryl methyl sites for hydroxylation is 1. The van der Waals surface area contributed by atoms with Gasteiger partial charge in [-0.25, -0.2) is 4.98 Å². The monoisotopic (exact) mass is 217 g/mol. The Hall–Kier alpha value is -2.37. The van der Waals surface area contributed by atoms with Gasteiger partial charge in [0.25, 0.3) is 5.91 Å². The fraction of sp³-hybridized carbons (Fsp3) is 0.100. The van der Waals surface area contributed by atoms with Gasteiger partial charge in [0.1, 0.15) is 0 Å². The smallest absolute Gasteiger partial charge is 0.259 e. The lowest BCUT2D eigenvalue weighted by Gasteiger charge is -2.05. The molecule has 0 aliphatic heterocycles. The van der Waals surface area contributed by atoms with E-state index in [1.807, 2.05) is 0 Å². The summed E-state index contributed by atoms with van der Waals surface area (Å²) in [5.41, 5.74) is 7.09. The van der Waals surface area contributed by atoms with Crippen LogP contribution in [-0.2, 0) is 0 Å². The van der Waals surface area contributed by atoms with E-state index in [2.05, 4.69) is 20.3 Å². The van der Waals surface area contributed by atoms with Crippen LogP contribution in [-0.4, -0.2) is 20.9 Å². The van der Waals surface area contributed by atoms with Crippen LogP contribution in [0.15, 0.2) is 24.7 Å². The lowest BCUT2D eigenvalue weighted by molar-refractivity contribution is 0.102. The number of imidazole rings is 1. The van der Waals surface area contributed by atoms with Crippen molar-refractivity contribution in [1.82, 2.24) is 15.0 Å². The first-order valence-corrected chi connectivity index (χ1v) is 4.69. The first-order chi connectivity index (χ1) is 7.66. The minimum absolute atomic E-state index is 0.285. The van der Waals surface area contributed by atoms with E-state index >= 15 is 0 Å². The van der Waals surface area contributed by atoms with E-state index < -0.39 is 0 Å². The van der Waals surface area contributed by atoms with Crippen LogP contribution in [0.1, 0.15) is 16.1 Å². The molecule has 16 heavy (non-hydrogen) atoms. The zero-order valence-corrected chi connectivity index (χ0v) is 8.69. The van der Waals surface area contributed by atoms with E-state index in [-0.39, 0.29) is 5.91 Å². The summed E-state index contributed by atoms with van der Waals surface area (Å²) in [5.74, 6) is 0.110. The Morgan fingerprint density at radius 1 is 1.50 bits per heavy atom. The van der Waals surface area contributed by atoms with Crippen LogP contribution in [0.3, 0.4) is 0 Å². The number of rotatable bonds is 2. The molecule has 0 aliphatic rings. The van der Waals surface area contributed by atoms with Crippen LogP contribution >= 0.6 is 0 Å². The summed E-state index contributed by atoms with van der Waals surface area (Å²) >= 11 is 0. The SMILES string of the molecule is Cc1ncc(N)cc1C(=O)Nc1ncc[nH]1. The predicted molar refractivity (Wildman–Crippen MR) is 59.9 cm³/mol. The largest absolute Gasteiger partial charge is 0.397 e. The summed E-state index contributed by atoms with van der Waals surface area (Å²) in [6.45, 7) is 1.75. The van der Waals surface area contributed by atoms with Crippen LogP contribution < -0.4 is 11.1 Å². The molecule has 0 atom stereocenters. The number of carbonyl (C=O) groups is 1. The maximum atomic E-state index is 11.8. The predicted octanol–water partition coefficient (Wildman–Crippen LogP) is 0.948. The number of aromatic nitrogens is 3. The fourth-order valence-electron chi connectivity index (χ4n) is 1.29. The van der Waals surface area contributed by atoms with Crippen molar-refractivity contribution in [2.45, 2.75) is 6.92 Å². The summed E-state index contributed by atoms with van der Waals surface area (Å²) in [5, 5.41) is 2.61. The Balaban J connectivity index is 2.24. The second-order valence-electron chi connectivity index (χ2n) is 3.29. The zero-order valence-electron chi connectivity index (χ0n) is 8.69. The number of anilines is 2. The van der Waals surface area contributed by atoms with Gasteiger partial charge in [0.15, 0.2) is 0 Å². The minimum Gasteiger partial charge on any atom is -0.397 e. The molecule has 0 saturated carbocycles. The van der Waals surface area contributed by atoms with Crippen LogP contribution in [0.2, 0.25) is 0 Å². The molecule has 6 nitrogen and oxygen atoms in total. The molecule has 2 aromatic rings. The quantitative estimate of drug-likeness (QED) is 0.697. The highest BCUT2D eigenvalue weighted by Gasteiger charge is 2.11. The number of carbonyl (C=O) groups excluding carboxylic acids is 1. The zero-order chi connectivity index (χ0) is 11.5. The second kappa shape index (κ2) is 4.01. The summed E-state index contributed by atoms with van der Waals surface area (Å²) in [4.78, 5) is 22.5. The van der Waals surface area contributed by atoms with Gasteiger partial charge in [-0.2, -0.15) is 0 Å². The molecule has 2 heterocycles. The third-order valence-electron chi connectivity index (χ3n) is 2.08. The molecule has 4 N–H and O–H groups in total. The number of nitrogens with two attached hydrogens (primary N) is 1. The average molecular weight is 217 g/mol. The number of hydrogen-bond acceptors (Lipinski definition) is 4. The van der Waals surface area contributed by atoms with Crippen molar-refractivity contribution in [3.63, 3.8) is 0 Å². The van der Waals surface area contributed by atoms with Gasteiger partial charge in [0, 0.05) is 12.4 Å². The summed E-state index contributed by atoms with van der Waals surface area (Å²) < 4.78 is 0. The standard InChI is InChI=1S/C10H11N5O/c1-6-8(4-7(11)5-14-6)9(16)15-10-12-2-3-13-10/h2-5H,11H2,1H3,(H2,12,13,15,16). The lowest BCUT2D eigenvalue weighted by Crippen LogP contribution is -2.15. The summed E-state index contributed by atoms with van der Waals surface area (Å²) in [7, 11) is 0. The van der Waals surface area contributed by atoms with E-state index in [1.54, 1.807) is 25.4 Å². The number of amides is 1. The van der Waals surface area contributed by atoms with Gasteiger partial charge < -0.3 is 10.7 Å². The van der Waals surface area contributed by atoms with Crippen molar-refractivity contribution in [1.29, 1.82) is 0 Å². The van der Waals surface area contributed by atoms with Crippen molar-refractivity contribution in [2.24, 2.45) is 0 Å². The van der Waals surface area contributed by atoms with E-state index in [0.29, 0.717) is 22.9 Å². The van der Waals surface area contributed by atoms with Crippen molar-refractivity contribution in [3.8, 4) is 0 Å². The van der Waals surface area contributed by atoms with E-state index in [1.165, 1.54) is 6.20 Å². The minimum atomic E-state index is -0.285. The van der Waals surface area contributed by atoms with Crippen molar-refractivity contribution in [3.05, 3.63) is 35.9 Å². The Kier molecular flexibility index (Phi) is 2.55. The number of H-pyrrole nitrogens is 1. The first kappa shape index (κ1) is 10.2. The molecule has 0 bridgehead atoms. The molecule has 0 radical (unpaired) electrons. The molecule has 0 aromatic carbocycles. The van der Waals surface area contributed by atoms with E-state index in [9.17, 15) is 4.79 Å². The fourth-order valence-corrected chi connectivity index (χ4v) is 1.29. The van der Waals surface area contributed by atoms with Crippen molar-refractivity contribution in [2.75, 3.05) is 11.1 Å². The number of nitrogens with one attached hydrogen (secondary N) is 2. The maximum absolute atomic E-state index is 11.8. The lowest BCUT2D eigenvalue weighted by atomic mass is 10.2. The third kappa shape index (κ3) is 2.00. The molecule has 2 rings (SSSR count). The van der Waals surface area contributed by atoms with Gasteiger partial charge in [-0.1, -0.05) is 0 Å². The Bertz CT molecular complexity index is 506.